The summed E-state index contributed by atoms with van der Waals surface area (Å²) in [6.45, 7) is 8.75. The Balaban J connectivity index is 1.66. The third-order valence-electron chi connectivity index (χ3n) is 6.28. The Morgan fingerprint density at radius 1 is 1.09 bits per heavy atom. The van der Waals surface area contributed by atoms with Crippen molar-refractivity contribution >= 4 is 11.8 Å². The third kappa shape index (κ3) is 7.60. The van der Waals surface area contributed by atoms with Crippen LogP contribution in [-0.2, 0) is 20.9 Å². The maximum absolute atomic E-state index is 13.6. The lowest BCUT2D eigenvalue weighted by molar-refractivity contribution is -0.138. The van der Waals surface area contributed by atoms with Gasteiger partial charge in [0.1, 0.15) is 11.5 Å². The maximum Gasteiger partial charge on any atom is 0.227 e. The van der Waals surface area contributed by atoms with Crippen molar-refractivity contribution in [1.29, 1.82) is 0 Å². The number of carbonyl (C=O) groups excluding carboxylic acids is 2. The Bertz CT molecular complexity index is 834. The molecule has 1 saturated carbocycles. The normalized spacial score (nSPS) is 20.5. The monoisotopic (exact) mass is 475 g/mol. The number of hydrogen-bond donors (Lipinski definition) is 2. The summed E-state index contributed by atoms with van der Waals surface area (Å²) in [6, 6.07) is 6.06. The van der Waals surface area contributed by atoms with Gasteiger partial charge in [-0.05, 0) is 37.0 Å². The summed E-state index contributed by atoms with van der Waals surface area (Å²) in [5.74, 6) is 1.45. The fourth-order valence-electron chi connectivity index (χ4n) is 4.16. The van der Waals surface area contributed by atoms with Crippen molar-refractivity contribution in [2.75, 3.05) is 40.5 Å². The molecule has 1 aliphatic heterocycles. The number of nitrogens with zero attached hydrogens (tertiary/aromatic N) is 1. The van der Waals surface area contributed by atoms with E-state index in [2.05, 4.69) is 10.6 Å². The van der Waals surface area contributed by atoms with Crippen molar-refractivity contribution in [3.05, 3.63) is 23.8 Å². The van der Waals surface area contributed by atoms with Crippen LogP contribution in [0.1, 0.15) is 52.0 Å². The van der Waals surface area contributed by atoms with Crippen molar-refractivity contribution in [2.24, 2.45) is 11.3 Å². The summed E-state index contributed by atoms with van der Waals surface area (Å²) in [4.78, 5) is 28.0. The minimum atomic E-state index is -0.452. The molecule has 190 valence electrons. The molecule has 8 nitrogen and oxygen atoms in total. The molecule has 2 fully saturated rings. The summed E-state index contributed by atoms with van der Waals surface area (Å²) in [6.07, 6.45) is 3.51. The second-order valence-corrected chi connectivity index (χ2v) is 10.4. The zero-order chi connectivity index (χ0) is 24.7. The van der Waals surface area contributed by atoms with Gasteiger partial charge >= 0.3 is 0 Å². The number of rotatable bonds is 11. The second kappa shape index (κ2) is 11.9. The average molecular weight is 476 g/mol. The number of carbonyl (C=O) groups is 2. The van der Waals surface area contributed by atoms with Gasteiger partial charge in [0.25, 0.3) is 0 Å². The van der Waals surface area contributed by atoms with E-state index in [9.17, 15) is 9.59 Å². The Morgan fingerprint density at radius 2 is 1.82 bits per heavy atom. The van der Waals surface area contributed by atoms with Gasteiger partial charge in [0, 0.05) is 63.3 Å². The van der Waals surface area contributed by atoms with Crippen LogP contribution in [0.4, 0.5) is 0 Å². The average Bonchev–Trinajstić information content (AvgIpc) is 3.64. The van der Waals surface area contributed by atoms with Crippen LogP contribution in [0, 0.1) is 11.3 Å². The highest BCUT2D eigenvalue weighted by Crippen LogP contribution is 2.32. The van der Waals surface area contributed by atoms with Crippen LogP contribution in [0.3, 0.4) is 0 Å². The van der Waals surface area contributed by atoms with Gasteiger partial charge in [-0.1, -0.05) is 20.8 Å². The second-order valence-electron chi connectivity index (χ2n) is 10.4. The fraction of sp³-hybridized carbons (Fsp3) is 0.692. The quantitative estimate of drug-likeness (QED) is 0.479. The van der Waals surface area contributed by atoms with Gasteiger partial charge in [-0.25, -0.2) is 0 Å². The molecule has 2 amide bonds. The van der Waals surface area contributed by atoms with Gasteiger partial charge in [-0.3, -0.25) is 9.59 Å². The van der Waals surface area contributed by atoms with Crippen molar-refractivity contribution in [3.8, 4) is 11.5 Å². The number of hydrogen-bond acceptors (Lipinski definition) is 6. The highest BCUT2D eigenvalue weighted by molar-refractivity contribution is 5.82. The zero-order valence-corrected chi connectivity index (χ0v) is 21.3. The highest BCUT2D eigenvalue weighted by Gasteiger charge is 2.38. The first-order valence-electron chi connectivity index (χ1n) is 12.3. The Labute approximate surface area is 203 Å². The summed E-state index contributed by atoms with van der Waals surface area (Å²) in [5.41, 5.74) is 0.537. The van der Waals surface area contributed by atoms with Gasteiger partial charge in [-0.2, -0.15) is 0 Å². The molecular formula is C26H41N3O5. The Kier molecular flexibility index (Phi) is 9.19. The van der Waals surface area contributed by atoms with Gasteiger partial charge in [0.05, 0.1) is 19.6 Å². The molecule has 0 aromatic heterocycles. The van der Waals surface area contributed by atoms with E-state index >= 15 is 0 Å². The highest BCUT2D eigenvalue weighted by atomic mass is 16.5. The topological polar surface area (TPSA) is 89.1 Å². The van der Waals surface area contributed by atoms with Crippen LogP contribution in [0.5, 0.6) is 11.5 Å². The summed E-state index contributed by atoms with van der Waals surface area (Å²) >= 11 is 0. The van der Waals surface area contributed by atoms with Gasteiger partial charge < -0.3 is 29.7 Å². The molecule has 0 bridgehead atoms. The molecule has 2 atom stereocenters. The lowest BCUT2D eigenvalue weighted by Gasteiger charge is -2.35. The van der Waals surface area contributed by atoms with Crippen molar-refractivity contribution in [2.45, 2.75) is 65.1 Å². The molecule has 8 heteroatoms. The first-order chi connectivity index (χ1) is 16.2. The lowest BCUT2D eigenvalue weighted by Crippen LogP contribution is -2.54. The molecule has 0 unspecified atom stereocenters. The van der Waals surface area contributed by atoms with Crippen molar-refractivity contribution < 1.29 is 23.8 Å². The zero-order valence-electron chi connectivity index (χ0n) is 21.3. The summed E-state index contributed by atoms with van der Waals surface area (Å²) in [5, 5.41) is 6.46. The van der Waals surface area contributed by atoms with E-state index < -0.39 is 5.41 Å². The molecular weight excluding hydrogens is 434 g/mol. The minimum absolute atomic E-state index is 0.0147. The van der Waals surface area contributed by atoms with Crippen molar-refractivity contribution in [1.82, 2.24) is 15.5 Å². The summed E-state index contributed by atoms with van der Waals surface area (Å²) in [7, 11) is 3.31. The maximum atomic E-state index is 13.6. The van der Waals surface area contributed by atoms with E-state index in [1.54, 1.807) is 14.2 Å². The number of amides is 2. The van der Waals surface area contributed by atoms with Gasteiger partial charge in [0.15, 0.2) is 0 Å². The molecule has 0 spiro atoms. The first-order valence-corrected chi connectivity index (χ1v) is 12.3. The molecule has 3 rings (SSSR count). The standard InChI is InChI=1S/C26H41N3O5/c1-26(2,3)25(31)28-20-13-19(15-27-16-20)24(30)29(21-7-8-21)17-18-11-22(33-5)14-23(12-18)34-10-6-9-32-4/h11-12,14,19-21,27H,6-10,13,15-17H2,1-5H3,(H,28,31)/t19-,20+/m0/s1. The van der Waals surface area contributed by atoms with E-state index in [1.807, 2.05) is 43.9 Å². The van der Waals surface area contributed by atoms with E-state index in [-0.39, 0.29) is 29.8 Å². The van der Waals surface area contributed by atoms with E-state index in [1.165, 1.54) is 0 Å². The predicted octanol–water partition coefficient (Wildman–Crippen LogP) is 2.74. The molecule has 1 saturated heterocycles. The largest absolute Gasteiger partial charge is 0.497 e. The van der Waals surface area contributed by atoms with E-state index in [4.69, 9.17) is 14.2 Å². The number of benzene rings is 1. The smallest absolute Gasteiger partial charge is 0.227 e. The summed E-state index contributed by atoms with van der Waals surface area (Å²) < 4.78 is 16.5. The SMILES string of the molecule is COCCCOc1cc(CN(C(=O)[C@@H]2CNC[C@H](NC(=O)C(C)(C)C)C2)C2CC2)cc(OC)c1. The third-order valence-corrected chi connectivity index (χ3v) is 6.28. The lowest BCUT2D eigenvalue weighted by atomic mass is 9.91. The number of methoxy groups -OCH3 is 2. The molecule has 1 aromatic carbocycles. The fourth-order valence-corrected chi connectivity index (χ4v) is 4.16. The molecule has 34 heavy (non-hydrogen) atoms. The molecule has 1 aliphatic carbocycles. The predicted molar refractivity (Wildman–Crippen MR) is 131 cm³/mol. The molecule has 1 heterocycles. The van der Waals surface area contributed by atoms with Crippen molar-refractivity contribution in [3.63, 3.8) is 0 Å². The van der Waals surface area contributed by atoms with Crippen LogP contribution in [-0.4, -0.2) is 69.3 Å². The molecule has 2 N–H and O–H groups in total. The Morgan fingerprint density at radius 3 is 2.47 bits per heavy atom. The molecule has 1 aromatic rings. The number of ether oxygens (including phenoxy) is 3. The first kappa shape index (κ1) is 26.3. The number of nitrogens with one attached hydrogen (secondary N) is 2. The van der Waals surface area contributed by atoms with Crippen LogP contribution >= 0.6 is 0 Å². The van der Waals surface area contributed by atoms with Crippen LogP contribution < -0.4 is 20.1 Å². The van der Waals surface area contributed by atoms with Gasteiger partial charge in [0.2, 0.25) is 11.8 Å². The molecule has 2 aliphatic rings. The van der Waals surface area contributed by atoms with E-state index in [0.717, 1.165) is 30.6 Å². The van der Waals surface area contributed by atoms with Crippen LogP contribution in [0.25, 0.3) is 0 Å². The number of piperidine rings is 1. The van der Waals surface area contributed by atoms with E-state index in [0.29, 0.717) is 45.0 Å². The van der Waals surface area contributed by atoms with Crippen LogP contribution in [0.15, 0.2) is 18.2 Å². The van der Waals surface area contributed by atoms with Gasteiger partial charge in [-0.15, -0.1) is 0 Å². The van der Waals surface area contributed by atoms with Crippen LogP contribution in [0.2, 0.25) is 0 Å². The molecule has 0 radical (unpaired) electrons. The Hall–Kier alpha value is -2.32. The minimum Gasteiger partial charge on any atom is -0.497 e.